The molecule has 1 rings (SSSR count). The summed E-state index contributed by atoms with van der Waals surface area (Å²) in [6, 6.07) is 3.59. The highest BCUT2D eigenvalue weighted by atomic mass is 35.5. The highest BCUT2D eigenvalue weighted by Crippen LogP contribution is 2.19. The molecule has 1 aromatic heterocycles. The molecule has 3 nitrogen and oxygen atoms in total. The van der Waals surface area contributed by atoms with Crippen LogP contribution in [0.15, 0.2) is 18.3 Å². The van der Waals surface area contributed by atoms with Crippen LogP contribution in [0.5, 0.6) is 0 Å². The smallest absolute Gasteiger partial charge is 0.133 e. The van der Waals surface area contributed by atoms with Crippen molar-refractivity contribution < 1.29 is 0 Å². The van der Waals surface area contributed by atoms with Crippen LogP contribution in [0.3, 0.4) is 0 Å². The summed E-state index contributed by atoms with van der Waals surface area (Å²) in [7, 11) is 0. The second-order valence-corrected chi connectivity index (χ2v) is 2.93. The van der Waals surface area contributed by atoms with Crippen molar-refractivity contribution in [3.8, 4) is 0 Å². The van der Waals surface area contributed by atoms with Crippen molar-refractivity contribution in [3.63, 3.8) is 0 Å². The Morgan fingerprint density at radius 3 is 2.92 bits per heavy atom. The van der Waals surface area contributed by atoms with E-state index in [0.29, 0.717) is 11.7 Å². The van der Waals surface area contributed by atoms with Crippen LogP contribution in [0.4, 0.5) is 0 Å². The molecule has 0 bridgehead atoms. The van der Waals surface area contributed by atoms with Gasteiger partial charge >= 0.3 is 0 Å². The van der Waals surface area contributed by atoms with Crippen molar-refractivity contribution in [1.29, 1.82) is 0 Å². The lowest BCUT2D eigenvalue weighted by Crippen LogP contribution is -2.15. The Hall–Kier alpha value is -0.640. The van der Waals surface area contributed by atoms with Crippen molar-refractivity contribution in [1.82, 2.24) is 4.98 Å². The van der Waals surface area contributed by atoms with E-state index in [0.717, 1.165) is 12.0 Å². The van der Waals surface area contributed by atoms with Gasteiger partial charge in [0.25, 0.3) is 0 Å². The maximum absolute atomic E-state index is 5.82. The topological polar surface area (TPSA) is 64.9 Å². The van der Waals surface area contributed by atoms with Gasteiger partial charge in [-0.1, -0.05) is 17.7 Å². The molecule has 1 aromatic rings. The third kappa shape index (κ3) is 2.17. The van der Waals surface area contributed by atoms with Gasteiger partial charge in [-0.15, -0.1) is 0 Å². The molecule has 4 N–H and O–H groups in total. The first-order valence-corrected chi connectivity index (χ1v) is 4.19. The Labute approximate surface area is 76.7 Å². The van der Waals surface area contributed by atoms with Crippen LogP contribution in [-0.2, 0) is 0 Å². The van der Waals surface area contributed by atoms with Gasteiger partial charge < -0.3 is 11.5 Å². The number of rotatable bonds is 3. The van der Waals surface area contributed by atoms with E-state index in [1.807, 2.05) is 12.1 Å². The van der Waals surface area contributed by atoms with E-state index in [1.54, 1.807) is 6.20 Å². The first-order chi connectivity index (χ1) is 5.75. The summed E-state index contributed by atoms with van der Waals surface area (Å²) in [6.45, 7) is 0.562. The fourth-order valence-electron chi connectivity index (χ4n) is 1.01. The molecule has 66 valence electrons. The molecule has 0 amide bonds. The van der Waals surface area contributed by atoms with Crippen LogP contribution in [-0.4, -0.2) is 11.5 Å². The van der Waals surface area contributed by atoms with Gasteiger partial charge in [-0.25, -0.2) is 4.98 Å². The lowest BCUT2D eigenvalue weighted by molar-refractivity contribution is 0.659. The van der Waals surface area contributed by atoms with E-state index in [2.05, 4.69) is 4.98 Å². The van der Waals surface area contributed by atoms with E-state index in [-0.39, 0.29) is 6.04 Å². The van der Waals surface area contributed by atoms with Gasteiger partial charge in [-0.3, -0.25) is 0 Å². The molecule has 0 fully saturated rings. The zero-order valence-corrected chi connectivity index (χ0v) is 7.46. The SMILES string of the molecule is NCC[C@H](N)c1cccnc1Cl. The quantitative estimate of drug-likeness (QED) is 0.693. The minimum absolute atomic E-state index is 0.101. The molecule has 0 aromatic carbocycles. The summed E-state index contributed by atoms with van der Waals surface area (Å²) in [5.74, 6) is 0. The highest BCUT2D eigenvalue weighted by molar-refractivity contribution is 6.30. The maximum atomic E-state index is 5.82. The average molecular weight is 186 g/mol. The van der Waals surface area contributed by atoms with E-state index in [4.69, 9.17) is 23.1 Å². The minimum Gasteiger partial charge on any atom is -0.330 e. The second-order valence-electron chi connectivity index (χ2n) is 2.57. The van der Waals surface area contributed by atoms with Crippen molar-refractivity contribution in [2.24, 2.45) is 11.5 Å². The van der Waals surface area contributed by atoms with Gasteiger partial charge in [0.2, 0.25) is 0 Å². The van der Waals surface area contributed by atoms with Crippen molar-refractivity contribution >= 4 is 11.6 Å². The predicted octanol–water partition coefficient (Wildman–Crippen LogP) is 1.08. The third-order valence-corrected chi connectivity index (χ3v) is 1.98. The molecule has 0 saturated heterocycles. The van der Waals surface area contributed by atoms with Gasteiger partial charge in [-0.2, -0.15) is 0 Å². The number of nitrogens with two attached hydrogens (primary N) is 2. The second kappa shape index (κ2) is 4.40. The van der Waals surface area contributed by atoms with Gasteiger partial charge in [0.15, 0.2) is 0 Å². The van der Waals surface area contributed by atoms with E-state index in [9.17, 15) is 0 Å². The number of hydrogen-bond acceptors (Lipinski definition) is 3. The van der Waals surface area contributed by atoms with Crippen LogP contribution >= 0.6 is 11.6 Å². The van der Waals surface area contributed by atoms with Gasteiger partial charge in [0, 0.05) is 17.8 Å². The molecule has 4 heteroatoms. The average Bonchev–Trinajstić information content (AvgIpc) is 2.05. The van der Waals surface area contributed by atoms with Gasteiger partial charge in [0.1, 0.15) is 5.15 Å². The maximum Gasteiger partial charge on any atom is 0.133 e. The molecule has 1 heterocycles. The van der Waals surface area contributed by atoms with Crippen LogP contribution in [0.2, 0.25) is 5.15 Å². The first-order valence-electron chi connectivity index (χ1n) is 3.81. The van der Waals surface area contributed by atoms with Crippen LogP contribution in [0.25, 0.3) is 0 Å². The predicted molar refractivity (Wildman–Crippen MR) is 49.8 cm³/mol. The van der Waals surface area contributed by atoms with Gasteiger partial charge in [-0.05, 0) is 19.0 Å². The van der Waals surface area contributed by atoms with E-state index in [1.165, 1.54) is 0 Å². The normalized spacial score (nSPS) is 12.9. The third-order valence-electron chi connectivity index (χ3n) is 1.67. The summed E-state index contributed by atoms with van der Waals surface area (Å²) < 4.78 is 0. The number of hydrogen-bond donors (Lipinski definition) is 2. The number of pyridine rings is 1. The fourth-order valence-corrected chi connectivity index (χ4v) is 1.27. The minimum atomic E-state index is -0.101. The molecule has 0 saturated carbocycles. The molecule has 0 aliphatic heterocycles. The molecule has 12 heavy (non-hydrogen) atoms. The Bertz CT molecular complexity index is 252. The summed E-state index contributed by atoms with van der Waals surface area (Å²) >= 11 is 5.82. The Balaban J connectivity index is 2.79. The number of halogens is 1. The van der Waals surface area contributed by atoms with E-state index < -0.39 is 0 Å². The fraction of sp³-hybridized carbons (Fsp3) is 0.375. The monoisotopic (exact) mass is 185 g/mol. The lowest BCUT2D eigenvalue weighted by Gasteiger charge is -2.10. The standard InChI is InChI=1S/C8H12ClN3/c9-8-6(2-1-5-12-8)7(11)3-4-10/h1-2,5,7H,3-4,10-11H2/t7-/m0/s1. The molecule has 0 spiro atoms. The molecular weight excluding hydrogens is 174 g/mol. The van der Waals surface area contributed by atoms with E-state index >= 15 is 0 Å². The summed E-state index contributed by atoms with van der Waals surface area (Å²) in [5.41, 5.74) is 12.0. The number of nitrogens with zero attached hydrogens (tertiary/aromatic N) is 1. The lowest BCUT2D eigenvalue weighted by atomic mass is 10.1. The van der Waals surface area contributed by atoms with Gasteiger partial charge in [0.05, 0.1) is 0 Å². The largest absolute Gasteiger partial charge is 0.330 e. The molecular formula is C8H12ClN3. The molecule has 0 unspecified atom stereocenters. The Kier molecular flexibility index (Phi) is 3.47. The molecule has 0 aliphatic rings. The highest BCUT2D eigenvalue weighted by Gasteiger charge is 2.08. The molecule has 1 atom stereocenters. The van der Waals surface area contributed by atoms with Crippen molar-refractivity contribution in [2.45, 2.75) is 12.5 Å². The van der Waals surface area contributed by atoms with Crippen molar-refractivity contribution in [3.05, 3.63) is 29.0 Å². The molecule has 0 radical (unpaired) electrons. The molecule has 0 aliphatic carbocycles. The van der Waals surface area contributed by atoms with Crippen molar-refractivity contribution in [2.75, 3.05) is 6.54 Å². The summed E-state index contributed by atoms with van der Waals surface area (Å²) in [4.78, 5) is 3.93. The summed E-state index contributed by atoms with van der Waals surface area (Å²) in [6.07, 6.45) is 2.37. The zero-order chi connectivity index (χ0) is 8.97. The number of aromatic nitrogens is 1. The first kappa shape index (κ1) is 9.45. The van der Waals surface area contributed by atoms with Crippen LogP contribution < -0.4 is 11.5 Å². The van der Waals surface area contributed by atoms with Crippen LogP contribution in [0.1, 0.15) is 18.0 Å². The van der Waals surface area contributed by atoms with Crippen LogP contribution in [0, 0.1) is 0 Å². The Morgan fingerprint density at radius 1 is 1.58 bits per heavy atom. The summed E-state index contributed by atoms with van der Waals surface area (Å²) in [5, 5.41) is 0.471. The Morgan fingerprint density at radius 2 is 2.33 bits per heavy atom. The zero-order valence-electron chi connectivity index (χ0n) is 6.70.